The van der Waals surface area contributed by atoms with Crippen LogP contribution in [0.2, 0.25) is 5.02 Å². The molecule has 6 nitrogen and oxygen atoms in total. The van der Waals surface area contributed by atoms with Crippen molar-refractivity contribution in [2.45, 2.75) is 33.2 Å². The van der Waals surface area contributed by atoms with E-state index in [-0.39, 0.29) is 0 Å². The molecule has 0 aliphatic heterocycles. The van der Waals surface area contributed by atoms with Crippen LogP contribution in [0.3, 0.4) is 0 Å². The van der Waals surface area contributed by atoms with Gasteiger partial charge in [0.2, 0.25) is 15.9 Å². The van der Waals surface area contributed by atoms with Crippen LogP contribution in [0.5, 0.6) is 5.75 Å². The van der Waals surface area contributed by atoms with Crippen LogP contribution >= 0.6 is 11.6 Å². The molecule has 0 radical (unpaired) electrons. The molecule has 0 unspecified atom stereocenters. The van der Waals surface area contributed by atoms with Crippen molar-refractivity contribution in [2.24, 2.45) is 0 Å². The summed E-state index contributed by atoms with van der Waals surface area (Å²) in [5.41, 5.74) is 2.91. The maximum absolute atomic E-state index is 12.9. The van der Waals surface area contributed by atoms with Gasteiger partial charge in [0.15, 0.2) is 0 Å². The SMILES string of the molecule is CC[C@@H](C(=O)Nc1ccc(OC)c(Cl)c1)N(c1ccc(C)c(C)c1)S(C)(=O)=O. The number of nitrogens with one attached hydrogen (secondary N) is 1. The third kappa shape index (κ3) is 4.97. The standard InChI is InChI=1S/C20H25ClN2O4S/c1-6-18(20(24)22-15-8-10-19(27-4)17(21)12-15)23(28(5,25)26)16-9-7-13(2)14(3)11-16/h7-12,18H,6H2,1-5H3,(H,22,24)/t18-/m0/s1. The molecule has 0 fully saturated rings. The number of methoxy groups -OCH3 is 1. The van der Waals surface area contributed by atoms with Crippen LogP contribution in [0.25, 0.3) is 0 Å². The molecular weight excluding hydrogens is 400 g/mol. The number of carbonyl (C=O) groups is 1. The van der Waals surface area contributed by atoms with Gasteiger partial charge in [0.25, 0.3) is 0 Å². The fourth-order valence-electron chi connectivity index (χ4n) is 2.89. The molecule has 0 spiro atoms. The van der Waals surface area contributed by atoms with E-state index in [0.717, 1.165) is 17.4 Å². The first-order valence-electron chi connectivity index (χ1n) is 8.79. The molecule has 1 atom stereocenters. The molecule has 0 heterocycles. The molecule has 1 N–H and O–H groups in total. The van der Waals surface area contributed by atoms with E-state index < -0.39 is 22.0 Å². The summed E-state index contributed by atoms with van der Waals surface area (Å²) in [5.74, 6) is 0.0481. The number of rotatable bonds is 7. The highest BCUT2D eigenvalue weighted by molar-refractivity contribution is 7.92. The molecule has 8 heteroatoms. The minimum absolute atomic E-state index is 0.301. The smallest absolute Gasteiger partial charge is 0.248 e. The predicted octanol–water partition coefficient (Wildman–Crippen LogP) is 4.15. The number of nitrogens with zero attached hydrogens (tertiary/aromatic N) is 1. The second-order valence-corrected chi connectivity index (χ2v) is 8.86. The first kappa shape index (κ1) is 22.0. The highest BCUT2D eigenvalue weighted by Crippen LogP contribution is 2.29. The number of amides is 1. The lowest BCUT2D eigenvalue weighted by molar-refractivity contribution is -0.117. The van der Waals surface area contributed by atoms with Gasteiger partial charge in [0, 0.05) is 5.69 Å². The van der Waals surface area contributed by atoms with E-state index in [1.54, 1.807) is 37.3 Å². The Morgan fingerprint density at radius 2 is 1.86 bits per heavy atom. The maximum atomic E-state index is 12.9. The zero-order valence-corrected chi connectivity index (χ0v) is 18.2. The second-order valence-electron chi connectivity index (χ2n) is 6.59. The van der Waals surface area contributed by atoms with E-state index in [2.05, 4.69) is 5.32 Å². The van der Waals surface area contributed by atoms with Gasteiger partial charge in [0.05, 0.1) is 24.1 Å². The topological polar surface area (TPSA) is 75.7 Å². The van der Waals surface area contributed by atoms with Crippen molar-refractivity contribution in [2.75, 3.05) is 23.0 Å². The first-order chi connectivity index (χ1) is 13.1. The number of ether oxygens (including phenoxy) is 1. The Labute approximate surface area is 171 Å². The summed E-state index contributed by atoms with van der Waals surface area (Å²) in [4.78, 5) is 12.9. The number of hydrogen-bond acceptors (Lipinski definition) is 4. The van der Waals surface area contributed by atoms with Crippen molar-refractivity contribution >= 4 is 38.9 Å². The minimum atomic E-state index is -3.69. The summed E-state index contributed by atoms with van der Waals surface area (Å²) in [5, 5.41) is 3.10. The largest absolute Gasteiger partial charge is 0.495 e. The molecule has 0 aromatic heterocycles. The average Bonchev–Trinajstić information content (AvgIpc) is 2.61. The van der Waals surface area contributed by atoms with Crippen molar-refractivity contribution in [1.82, 2.24) is 0 Å². The molecule has 1 amide bonds. The predicted molar refractivity (Wildman–Crippen MR) is 114 cm³/mol. The number of halogens is 1. The Balaban J connectivity index is 2.38. The molecule has 152 valence electrons. The van der Waals surface area contributed by atoms with Gasteiger partial charge in [-0.1, -0.05) is 24.6 Å². The van der Waals surface area contributed by atoms with E-state index in [1.165, 1.54) is 11.4 Å². The number of benzene rings is 2. The first-order valence-corrected chi connectivity index (χ1v) is 11.0. The molecule has 2 aromatic carbocycles. The van der Waals surface area contributed by atoms with Gasteiger partial charge in [-0.05, 0) is 61.7 Å². The maximum Gasteiger partial charge on any atom is 0.248 e. The van der Waals surface area contributed by atoms with Crippen LogP contribution in [-0.4, -0.2) is 33.7 Å². The van der Waals surface area contributed by atoms with Gasteiger partial charge in [-0.3, -0.25) is 9.10 Å². The van der Waals surface area contributed by atoms with E-state index in [1.807, 2.05) is 19.9 Å². The second kappa shape index (κ2) is 8.84. The molecule has 0 aliphatic rings. The summed E-state index contributed by atoms with van der Waals surface area (Å²) >= 11 is 6.11. The fraction of sp³-hybridized carbons (Fsp3) is 0.350. The molecule has 0 saturated carbocycles. The van der Waals surface area contributed by atoms with Crippen molar-refractivity contribution in [3.63, 3.8) is 0 Å². The fourth-order valence-corrected chi connectivity index (χ4v) is 4.35. The summed E-state index contributed by atoms with van der Waals surface area (Å²) < 4.78 is 31.3. The molecule has 2 aromatic rings. The van der Waals surface area contributed by atoms with Crippen LogP contribution in [0.15, 0.2) is 36.4 Å². The highest BCUT2D eigenvalue weighted by Gasteiger charge is 2.31. The monoisotopic (exact) mass is 424 g/mol. The molecular formula is C20H25ClN2O4S. The Hall–Kier alpha value is -2.25. The average molecular weight is 425 g/mol. The van der Waals surface area contributed by atoms with E-state index >= 15 is 0 Å². The van der Waals surface area contributed by atoms with Crippen LogP contribution < -0.4 is 14.4 Å². The molecule has 0 saturated heterocycles. The quantitative estimate of drug-likeness (QED) is 0.724. The van der Waals surface area contributed by atoms with E-state index in [4.69, 9.17) is 16.3 Å². The van der Waals surface area contributed by atoms with Crippen LogP contribution in [-0.2, 0) is 14.8 Å². The zero-order chi connectivity index (χ0) is 21.1. The summed E-state index contributed by atoms with van der Waals surface area (Å²) in [7, 11) is -2.19. The lowest BCUT2D eigenvalue weighted by atomic mass is 10.1. The highest BCUT2D eigenvalue weighted by atomic mass is 35.5. The van der Waals surface area contributed by atoms with Gasteiger partial charge in [-0.15, -0.1) is 0 Å². The van der Waals surface area contributed by atoms with Crippen LogP contribution in [0.1, 0.15) is 24.5 Å². The number of carbonyl (C=O) groups excluding carboxylic acids is 1. The molecule has 2 rings (SSSR count). The van der Waals surface area contributed by atoms with Gasteiger partial charge >= 0.3 is 0 Å². The number of sulfonamides is 1. The molecule has 0 aliphatic carbocycles. The lowest BCUT2D eigenvalue weighted by Crippen LogP contribution is -2.47. The third-order valence-corrected chi connectivity index (χ3v) is 5.97. The van der Waals surface area contributed by atoms with Crippen LogP contribution in [0, 0.1) is 13.8 Å². The Kier molecular flexibility index (Phi) is 6.96. The van der Waals surface area contributed by atoms with Gasteiger partial charge in [-0.25, -0.2) is 8.42 Å². The summed E-state index contributed by atoms with van der Waals surface area (Å²) in [6.07, 6.45) is 1.40. The Morgan fingerprint density at radius 1 is 1.18 bits per heavy atom. The van der Waals surface area contributed by atoms with Crippen molar-refractivity contribution in [3.05, 3.63) is 52.5 Å². The minimum Gasteiger partial charge on any atom is -0.495 e. The van der Waals surface area contributed by atoms with Crippen molar-refractivity contribution in [1.29, 1.82) is 0 Å². The van der Waals surface area contributed by atoms with E-state index in [9.17, 15) is 13.2 Å². The summed E-state index contributed by atoms with van der Waals surface area (Å²) in [6.45, 7) is 5.62. The molecule has 28 heavy (non-hydrogen) atoms. The van der Waals surface area contributed by atoms with Crippen LogP contribution in [0.4, 0.5) is 11.4 Å². The summed E-state index contributed by atoms with van der Waals surface area (Å²) in [6, 6.07) is 9.27. The zero-order valence-electron chi connectivity index (χ0n) is 16.6. The third-order valence-electron chi connectivity index (χ3n) is 4.49. The Morgan fingerprint density at radius 3 is 2.36 bits per heavy atom. The van der Waals surface area contributed by atoms with E-state index in [0.29, 0.717) is 28.6 Å². The normalized spacial score (nSPS) is 12.4. The van der Waals surface area contributed by atoms with Gasteiger partial charge in [0.1, 0.15) is 11.8 Å². The van der Waals surface area contributed by atoms with Crippen molar-refractivity contribution < 1.29 is 17.9 Å². The van der Waals surface area contributed by atoms with Crippen molar-refractivity contribution in [3.8, 4) is 5.75 Å². The number of hydrogen-bond donors (Lipinski definition) is 1. The lowest BCUT2D eigenvalue weighted by Gasteiger charge is -2.30. The molecule has 0 bridgehead atoms. The Bertz CT molecular complexity index is 976. The number of anilines is 2. The van der Waals surface area contributed by atoms with Gasteiger partial charge in [-0.2, -0.15) is 0 Å². The number of aryl methyl sites for hydroxylation is 2. The van der Waals surface area contributed by atoms with Gasteiger partial charge < -0.3 is 10.1 Å².